The third kappa shape index (κ3) is 3.49. The number of hydrogen-bond acceptors (Lipinski definition) is 4. The number of rotatable bonds is 4. The second kappa shape index (κ2) is 7.37. The molecule has 1 aliphatic carbocycles. The van der Waals surface area contributed by atoms with Crippen LogP contribution in [-0.4, -0.2) is 69.1 Å². The second-order valence-corrected chi connectivity index (χ2v) is 9.21. The Morgan fingerprint density at radius 2 is 1.89 bits per heavy atom. The summed E-state index contributed by atoms with van der Waals surface area (Å²) in [6, 6.07) is 0.0546. The van der Waals surface area contributed by atoms with Gasteiger partial charge in [-0.1, -0.05) is 12.8 Å². The minimum Gasteiger partial charge on any atom is -0.341 e. The number of aromatic amines is 1. The average Bonchev–Trinajstić information content (AvgIpc) is 3.36. The molecule has 0 aromatic carbocycles. The molecule has 2 N–H and O–H groups in total. The van der Waals surface area contributed by atoms with Crippen LogP contribution < -0.4 is 5.32 Å². The van der Waals surface area contributed by atoms with Crippen molar-refractivity contribution in [2.45, 2.75) is 64.3 Å². The molecule has 0 spiro atoms. The molecule has 4 rings (SSSR count). The predicted molar refractivity (Wildman–Crippen MR) is 105 cm³/mol. The summed E-state index contributed by atoms with van der Waals surface area (Å²) < 4.78 is 0. The number of carbonyl (C=O) groups is 2. The number of hydrogen-bond donors (Lipinski definition) is 2. The number of urea groups is 1. The van der Waals surface area contributed by atoms with E-state index in [1.165, 1.54) is 25.7 Å². The van der Waals surface area contributed by atoms with E-state index in [0.29, 0.717) is 38.5 Å². The lowest BCUT2D eigenvalue weighted by molar-refractivity contribution is -0.131. The highest BCUT2D eigenvalue weighted by molar-refractivity contribution is 5.78. The molecule has 2 saturated heterocycles. The number of aromatic nitrogens is 3. The van der Waals surface area contributed by atoms with Gasteiger partial charge in [0.25, 0.3) is 0 Å². The van der Waals surface area contributed by atoms with Crippen LogP contribution in [0.15, 0.2) is 0 Å². The third-order valence-electron chi connectivity index (χ3n) is 6.64. The highest BCUT2D eigenvalue weighted by atomic mass is 16.2. The van der Waals surface area contributed by atoms with Crippen LogP contribution in [0.2, 0.25) is 0 Å². The van der Waals surface area contributed by atoms with Crippen molar-refractivity contribution in [2.24, 2.45) is 11.8 Å². The van der Waals surface area contributed by atoms with Crippen molar-refractivity contribution in [3.63, 3.8) is 0 Å². The van der Waals surface area contributed by atoms with Gasteiger partial charge in [0.1, 0.15) is 5.82 Å². The lowest BCUT2D eigenvalue weighted by atomic mass is 9.80. The van der Waals surface area contributed by atoms with E-state index in [4.69, 9.17) is 0 Å². The normalized spacial score (nSPS) is 27.6. The first-order chi connectivity index (χ1) is 13.4. The SMILES string of the molecule is Cc1nc([C@@]23CN(C(=O)CC4CCCC4)C[C@@H]2CN(C(=O)NC(C)C)C3)n[nH]1. The summed E-state index contributed by atoms with van der Waals surface area (Å²) in [4.78, 5) is 34.0. The van der Waals surface area contributed by atoms with Crippen LogP contribution in [0.3, 0.4) is 0 Å². The van der Waals surface area contributed by atoms with E-state index < -0.39 is 0 Å². The van der Waals surface area contributed by atoms with Crippen molar-refractivity contribution < 1.29 is 9.59 Å². The molecule has 2 atom stereocenters. The fourth-order valence-corrected chi connectivity index (χ4v) is 5.22. The number of fused-ring (bicyclic) bond motifs is 1. The van der Waals surface area contributed by atoms with Gasteiger partial charge in [-0.15, -0.1) is 0 Å². The smallest absolute Gasteiger partial charge is 0.317 e. The molecule has 154 valence electrons. The minimum atomic E-state index is -0.371. The van der Waals surface area contributed by atoms with Gasteiger partial charge in [0, 0.05) is 44.6 Å². The molecule has 3 heterocycles. The Balaban J connectivity index is 1.52. The number of likely N-dealkylation sites (tertiary alicyclic amines) is 2. The van der Waals surface area contributed by atoms with Gasteiger partial charge in [-0.2, -0.15) is 5.10 Å². The van der Waals surface area contributed by atoms with Crippen molar-refractivity contribution in [1.29, 1.82) is 0 Å². The molecule has 8 nitrogen and oxygen atoms in total. The molecule has 3 aliphatic rings. The van der Waals surface area contributed by atoms with E-state index in [9.17, 15) is 9.59 Å². The van der Waals surface area contributed by atoms with Crippen molar-refractivity contribution in [3.8, 4) is 0 Å². The number of carbonyl (C=O) groups excluding carboxylic acids is 2. The number of amides is 3. The summed E-state index contributed by atoms with van der Waals surface area (Å²) in [5, 5.41) is 10.4. The molecule has 0 bridgehead atoms. The second-order valence-electron chi connectivity index (χ2n) is 9.21. The summed E-state index contributed by atoms with van der Waals surface area (Å²) >= 11 is 0. The fraction of sp³-hybridized carbons (Fsp3) is 0.800. The summed E-state index contributed by atoms with van der Waals surface area (Å²) in [6.45, 7) is 8.30. The number of aryl methyl sites for hydroxylation is 1. The maximum atomic E-state index is 13.0. The Labute approximate surface area is 166 Å². The van der Waals surface area contributed by atoms with E-state index in [0.717, 1.165) is 11.6 Å². The number of H-pyrrole nitrogens is 1. The molecular weight excluding hydrogens is 356 g/mol. The molecule has 0 unspecified atom stereocenters. The first-order valence-electron chi connectivity index (χ1n) is 10.6. The maximum absolute atomic E-state index is 13.0. The zero-order valence-electron chi connectivity index (χ0n) is 17.2. The maximum Gasteiger partial charge on any atom is 0.317 e. The molecule has 1 aromatic rings. The van der Waals surface area contributed by atoms with Crippen molar-refractivity contribution >= 4 is 11.9 Å². The molecule has 3 amide bonds. The standard InChI is InChI=1S/C20H32N6O2/c1-13(2)21-19(28)26-10-16-9-25(17(27)8-15-6-4-5-7-15)11-20(16,12-26)18-22-14(3)23-24-18/h13,15-16H,4-12H2,1-3H3,(H,21,28)(H,22,23,24)/t16-,20-/m1/s1. The van der Waals surface area contributed by atoms with Crippen molar-refractivity contribution in [2.75, 3.05) is 26.2 Å². The molecular formula is C20H32N6O2. The van der Waals surface area contributed by atoms with Gasteiger partial charge in [0.2, 0.25) is 5.91 Å². The van der Waals surface area contributed by atoms with Gasteiger partial charge in [-0.05, 0) is 39.5 Å². The van der Waals surface area contributed by atoms with Gasteiger partial charge >= 0.3 is 6.03 Å². The van der Waals surface area contributed by atoms with Gasteiger partial charge < -0.3 is 15.1 Å². The van der Waals surface area contributed by atoms with Gasteiger partial charge in [0.05, 0.1) is 5.41 Å². The van der Waals surface area contributed by atoms with Gasteiger partial charge in [-0.25, -0.2) is 9.78 Å². The Morgan fingerprint density at radius 3 is 2.54 bits per heavy atom. The van der Waals surface area contributed by atoms with Crippen LogP contribution in [0.25, 0.3) is 0 Å². The quantitative estimate of drug-likeness (QED) is 0.823. The Hall–Kier alpha value is -2.12. The van der Waals surface area contributed by atoms with Crippen molar-refractivity contribution in [1.82, 2.24) is 30.3 Å². The zero-order valence-corrected chi connectivity index (χ0v) is 17.2. The van der Waals surface area contributed by atoms with E-state index in [1.807, 2.05) is 30.6 Å². The molecule has 2 aliphatic heterocycles. The van der Waals surface area contributed by atoms with E-state index in [1.54, 1.807) is 0 Å². The fourth-order valence-electron chi connectivity index (χ4n) is 5.22. The lowest BCUT2D eigenvalue weighted by Crippen LogP contribution is -2.46. The van der Waals surface area contributed by atoms with E-state index in [-0.39, 0.29) is 29.3 Å². The van der Waals surface area contributed by atoms with Crippen molar-refractivity contribution in [3.05, 3.63) is 11.6 Å². The summed E-state index contributed by atoms with van der Waals surface area (Å²) in [7, 11) is 0. The number of nitrogens with one attached hydrogen (secondary N) is 2. The Kier molecular flexibility index (Phi) is 5.05. The molecule has 0 radical (unpaired) electrons. The highest BCUT2D eigenvalue weighted by Gasteiger charge is 2.57. The molecule has 1 saturated carbocycles. The summed E-state index contributed by atoms with van der Waals surface area (Å²) in [6.07, 6.45) is 5.52. The predicted octanol–water partition coefficient (Wildman–Crippen LogP) is 1.82. The Bertz CT molecular complexity index is 741. The van der Waals surface area contributed by atoms with E-state index in [2.05, 4.69) is 20.5 Å². The number of nitrogens with zero attached hydrogens (tertiary/aromatic N) is 4. The molecule has 8 heteroatoms. The first-order valence-corrected chi connectivity index (χ1v) is 10.6. The third-order valence-corrected chi connectivity index (χ3v) is 6.64. The monoisotopic (exact) mass is 388 g/mol. The molecule has 28 heavy (non-hydrogen) atoms. The highest BCUT2D eigenvalue weighted by Crippen LogP contribution is 2.44. The van der Waals surface area contributed by atoms with Crippen LogP contribution in [0.4, 0.5) is 4.79 Å². The van der Waals surface area contributed by atoms with E-state index >= 15 is 0 Å². The zero-order chi connectivity index (χ0) is 19.9. The van der Waals surface area contributed by atoms with Crippen LogP contribution in [-0.2, 0) is 10.2 Å². The van der Waals surface area contributed by atoms with Crippen LogP contribution in [0, 0.1) is 18.8 Å². The Morgan fingerprint density at radius 1 is 1.21 bits per heavy atom. The van der Waals surface area contributed by atoms with Gasteiger partial charge in [-0.3, -0.25) is 9.89 Å². The lowest BCUT2D eigenvalue weighted by Gasteiger charge is -2.27. The largest absolute Gasteiger partial charge is 0.341 e. The summed E-state index contributed by atoms with van der Waals surface area (Å²) in [5.41, 5.74) is -0.371. The summed E-state index contributed by atoms with van der Waals surface area (Å²) in [5.74, 6) is 2.48. The van der Waals surface area contributed by atoms with Crippen LogP contribution in [0.5, 0.6) is 0 Å². The van der Waals surface area contributed by atoms with Crippen LogP contribution in [0.1, 0.15) is 57.6 Å². The van der Waals surface area contributed by atoms with Crippen LogP contribution >= 0.6 is 0 Å². The first kappa shape index (κ1) is 19.2. The molecule has 3 fully saturated rings. The average molecular weight is 389 g/mol. The minimum absolute atomic E-state index is 0.0418. The topological polar surface area (TPSA) is 94.2 Å². The van der Waals surface area contributed by atoms with Gasteiger partial charge in [0.15, 0.2) is 5.82 Å². The molecule has 1 aromatic heterocycles.